The van der Waals surface area contributed by atoms with Crippen molar-refractivity contribution in [3.05, 3.63) is 42.2 Å². The van der Waals surface area contributed by atoms with Crippen LogP contribution in [0.2, 0.25) is 0 Å². The van der Waals surface area contributed by atoms with Crippen molar-refractivity contribution in [3.8, 4) is 17.1 Å². The lowest BCUT2D eigenvalue weighted by Crippen LogP contribution is -2.31. The SMILES string of the molecule is CC(C)COc1cccc(-c2ncc3[nH]c(CN4CCC[C@@H]4CO)cc3n2)c1. The van der Waals surface area contributed by atoms with Gasteiger partial charge in [0.15, 0.2) is 5.82 Å². The first-order valence-corrected chi connectivity index (χ1v) is 10.0. The fourth-order valence-electron chi connectivity index (χ4n) is 3.72. The van der Waals surface area contributed by atoms with Gasteiger partial charge in [-0.2, -0.15) is 0 Å². The minimum atomic E-state index is 0.222. The van der Waals surface area contributed by atoms with Crippen molar-refractivity contribution < 1.29 is 9.84 Å². The Kier molecular flexibility index (Phi) is 5.59. The second-order valence-electron chi connectivity index (χ2n) is 7.97. The summed E-state index contributed by atoms with van der Waals surface area (Å²) in [6, 6.07) is 10.3. The van der Waals surface area contributed by atoms with E-state index in [1.165, 1.54) is 0 Å². The van der Waals surface area contributed by atoms with Gasteiger partial charge in [-0.3, -0.25) is 4.90 Å². The molecular formula is C22H28N4O2. The van der Waals surface area contributed by atoms with E-state index in [1.54, 1.807) is 0 Å². The van der Waals surface area contributed by atoms with Crippen LogP contribution in [0.5, 0.6) is 5.75 Å². The minimum Gasteiger partial charge on any atom is -0.493 e. The first-order chi connectivity index (χ1) is 13.6. The predicted molar refractivity (Wildman–Crippen MR) is 110 cm³/mol. The summed E-state index contributed by atoms with van der Waals surface area (Å²) in [6.45, 7) is 7.01. The van der Waals surface area contributed by atoms with Crippen LogP contribution < -0.4 is 4.74 Å². The molecule has 1 atom stereocenters. The van der Waals surface area contributed by atoms with Crippen molar-refractivity contribution >= 4 is 11.0 Å². The summed E-state index contributed by atoms with van der Waals surface area (Å²) in [5.74, 6) is 2.02. The summed E-state index contributed by atoms with van der Waals surface area (Å²) in [6.07, 6.45) is 4.05. The van der Waals surface area contributed by atoms with Gasteiger partial charge in [0.1, 0.15) is 5.75 Å². The third-order valence-electron chi connectivity index (χ3n) is 5.18. The average molecular weight is 380 g/mol. The van der Waals surface area contributed by atoms with Crippen molar-refractivity contribution in [2.45, 2.75) is 39.3 Å². The highest BCUT2D eigenvalue weighted by molar-refractivity contribution is 5.77. The van der Waals surface area contributed by atoms with Gasteiger partial charge < -0.3 is 14.8 Å². The van der Waals surface area contributed by atoms with E-state index in [4.69, 9.17) is 9.72 Å². The number of rotatable bonds is 7. The Balaban J connectivity index is 1.54. The largest absolute Gasteiger partial charge is 0.493 e. The van der Waals surface area contributed by atoms with Crippen molar-refractivity contribution in [2.24, 2.45) is 5.92 Å². The first kappa shape index (κ1) is 18.9. The Labute approximate surface area is 165 Å². The number of ether oxygens (including phenoxy) is 1. The van der Waals surface area contributed by atoms with Crippen LogP contribution in [-0.2, 0) is 6.54 Å². The number of nitrogens with one attached hydrogen (secondary N) is 1. The number of aliphatic hydroxyl groups excluding tert-OH is 1. The minimum absolute atomic E-state index is 0.222. The van der Waals surface area contributed by atoms with Crippen LogP contribution in [0.3, 0.4) is 0 Å². The Bertz CT molecular complexity index is 937. The van der Waals surface area contributed by atoms with Crippen LogP contribution >= 0.6 is 0 Å². The normalized spacial score (nSPS) is 17.6. The van der Waals surface area contributed by atoms with Gasteiger partial charge in [-0.1, -0.05) is 26.0 Å². The number of H-pyrrole nitrogens is 1. The van der Waals surface area contributed by atoms with Crippen LogP contribution in [-0.4, -0.2) is 50.8 Å². The van der Waals surface area contributed by atoms with Gasteiger partial charge >= 0.3 is 0 Å². The van der Waals surface area contributed by atoms with Crippen LogP contribution in [0.25, 0.3) is 22.4 Å². The molecular weight excluding hydrogens is 352 g/mol. The van der Waals surface area contributed by atoms with E-state index in [2.05, 4.69) is 34.8 Å². The van der Waals surface area contributed by atoms with Crippen LogP contribution in [0, 0.1) is 5.92 Å². The number of fused-ring (bicyclic) bond motifs is 1. The lowest BCUT2D eigenvalue weighted by atomic mass is 10.2. The summed E-state index contributed by atoms with van der Waals surface area (Å²) in [5.41, 5.74) is 3.90. The molecule has 1 aromatic carbocycles. The van der Waals surface area contributed by atoms with Gasteiger partial charge in [-0.05, 0) is 43.5 Å². The number of likely N-dealkylation sites (tertiary alicyclic amines) is 1. The zero-order chi connectivity index (χ0) is 19.5. The summed E-state index contributed by atoms with van der Waals surface area (Å²) < 4.78 is 5.83. The van der Waals surface area contributed by atoms with Gasteiger partial charge in [0, 0.05) is 23.8 Å². The molecule has 0 bridgehead atoms. The van der Waals surface area contributed by atoms with E-state index in [1.807, 2.05) is 30.5 Å². The van der Waals surface area contributed by atoms with E-state index in [0.29, 0.717) is 18.3 Å². The van der Waals surface area contributed by atoms with Gasteiger partial charge in [-0.25, -0.2) is 9.97 Å². The van der Waals surface area contributed by atoms with E-state index in [9.17, 15) is 5.11 Å². The molecule has 1 fully saturated rings. The van der Waals surface area contributed by atoms with Gasteiger partial charge in [0.2, 0.25) is 0 Å². The molecule has 28 heavy (non-hydrogen) atoms. The summed E-state index contributed by atoms with van der Waals surface area (Å²) >= 11 is 0. The van der Waals surface area contributed by atoms with E-state index in [-0.39, 0.29) is 12.6 Å². The first-order valence-electron chi connectivity index (χ1n) is 10.0. The highest BCUT2D eigenvalue weighted by Crippen LogP contribution is 2.25. The molecule has 0 unspecified atom stereocenters. The molecule has 0 amide bonds. The molecule has 1 aliphatic heterocycles. The van der Waals surface area contributed by atoms with Crippen molar-refractivity contribution in [1.82, 2.24) is 19.9 Å². The standard InChI is InChI=1S/C22H28N4O2/c1-15(2)14-28-19-7-3-5-16(9-19)22-23-11-21-20(25-22)10-17(24-21)12-26-8-4-6-18(26)13-27/h3,5,7,9-11,15,18,24,27H,4,6,8,12-14H2,1-2H3/t18-/m1/s1. The fraction of sp³-hybridized carbons (Fsp3) is 0.455. The maximum Gasteiger partial charge on any atom is 0.160 e. The van der Waals surface area contributed by atoms with Crippen LogP contribution in [0.15, 0.2) is 36.5 Å². The molecule has 0 spiro atoms. The van der Waals surface area contributed by atoms with Crippen LogP contribution in [0.4, 0.5) is 0 Å². The molecule has 3 heterocycles. The van der Waals surface area contributed by atoms with E-state index in [0.717, 1.165) is 54.0 Å². The molecule has 2 aromatic heterocycles. The monoisotopic (exact) mass is 380 g/mol. The third kappa shape index (κ3) is 4.18. The number of aromatic amines is 1. The highest BCUT2D eigenvalue weighted by atomic mass is 16.5. The molecule has 6 heteroatoms. The Morgan fingerprint density at radius 1 is 1.32 bits per heavy atom. The Hall–Kier alpha value is -2.44. The molecule has 0 radical (unpaired) electrons. The smallest absolute Gasteiger partial charge is 0.160 e. The molecule has 4 rings (SSSR count). The number of aliphatic hydroxyl groups is 1. The molecule has 0 aliphatic carbocycles. The molecule has 1 saturated heterocycles. The van der Waals surface area contributed by atoms with Gasteiger partial charge in [-0.15, -0.1) is 0 Å². The number of aromatic nitrogens is 3. The maximum absolute atomic E-state index is 9.52. The van der Waals surface area contributed by atoms with Crippen molar-refractivity contribution in [3.63, 3.8) is 0 Å². The zero-order valence-electron chi connectivity index (χ0n) is 16.6. The molecule has 6 nitrogen and oxygen atoms in total. The topological polar surface area (TPSA) is 74.3 Å². The lowest BCUT2D eigenvalue weighted by Gasteiger charge is -2.21. The van der Waals surface area contributed by atoms with Crippen LogP contribution in [0.1, 0.15) is 32.4 Å². The molecule has 2 N–H and O–H groups in total. The summed E-state index contributed by atoms with van der Waals surface area (Å²) in [7, 11) is 0. The molecule has 3 aromatic rings. The van der Waals surface area contributed by atoms with Gasteiger partial charge in [0.05, 0.1) is 30.4 Å². The summed E-state index contributed by atoms with van der Waals surface area (Å²) in [4.78, 5) is 15.0. The number of benzene rings is 1. The Morgan fingerprint density at radius 2 is 2.21 bits per heavy atom. The third-order valence-corrected chi connectivity index (χ3v) is 5.18. The van der Waals surface area contributed by atoms with E-state index < -0.39 is 0 Å². The predicted octanol–water partition coefficient (Wildman–Crippen LogP) is 3.62. The van der Waals surface area contributed by atoms with E-state index >= 15 is 0 Å². The fourth-order valence-corrected chi connectivity index (χ4v) is 3.72. The zero-order valence-corrected chi connectivity index (χ0v) is 16.6. The second-order valence-corrected chi connectivity index (χ2v) is 7.97. The Morgan fingerprint density at radius 3 is 3.04 bits per heavy atom. The lowest BCUT2D eigenvalue weighted by molar-refractivity contribution is 0.152. The second kappa shape index (κ2) is 8.29. The molecule has 0 saturated carbocycles. The van der Waals surface area contributed by atoms with Gasteiger partial charge in [0.25, 0.3) is 0 Å². The molecule has 1 aliphatic rings. The quantitative estimate of drug-likeness (QED) is 0.655. The average Bonchev–Trinajstić information content (AvgIpc) is 3.32. The number of nitrogens with zero attached hydrogens (tertiary/aromatic N) is 3. The van der Waals surface area contributed by atoms with Crippen molar-refractivity contribution in [2.75, 3.05) is 19.8 Å². The summed E-state index contributed by atoms with van der Waals surface area (Å²) in [5, 5.41) is 9.52. The number of hydrogen-bond acceptors (Lipinski definition) is 5. The highest BCUT2D eigenvalue weighted by Gasteiger charge is 2.24. The maximum atomic E-state index is 9.52. The van der Waals surface area contributed by atoms with Crippen molar-refractivity contribution in [1.29, 1.82) is 0 Å². The number of hydrogen-bond donors (Lipinski definition) is 2. The molecule has 148 valence electrons.